The highest BCUT2D eigenvalue weighted by atomic mass is 16.5. The fraction of sp³-hybridized carbons (Fsp3) is 0.450. The molecule has 1 amide bonds. The van der Waals surface area contributed by atoms with Crippen LogP contribution in [0.5, 0.6) is 0 Å². The van der Waals surface area contributed by atoms with E-state index < -0.39 is 5.97 Å². The molecule has 0 unspecified atom stereocenters. The van der Waals surface area contributed by atoms with Crippen LogP contribution >= 0.6 is 0 Å². The molecule has 0 aliphatic rings. The molecule has 0 atom stereocenters. The third kappa shape index (κ3) is 4.87. The van der Waals surface area contributed by atoms with Gasteiger partial charge < -0.3 is 9.64 Å². The van der Waals surface area contributed by atoms with E-state index in [4.69, 9.17) is 4.74 Å². The van der Waals surface area contributed by atoms with E-state index in [1.165, 1.54) is 0 Å². The highest BCUT2D eigenvalue weighted by molar-refractivity contribution is 5.81. The van der Waals surface area contributed by atoms with Crippen molar-refractivity contribution in [1.29, 1.82) is 0 Å². The Morgan fingerprint density at radius 1 is 1.15 bits per heavy atom. The number of hydrogen-bond donors (Lipinski definition) is 0. The second-order valence-electron chi connectivity index (χ2n) is 6.44. The number of esters is 1. The average molecular weight is 373 g/mol. The van der Waals surface area contributed by atoms with Crippen molar-refractivity contribution >= 4 is 22.9 Å². The van der Waals surface area contributed by atoms with Gasteiger partial charge in [-0.05, 0) is 32.9 Å². The first kappa shape index (κ1) is 20.5. The van der Waals surface area contributed by atoms with E-state index in [-0.39, 0.29) is 31.2 Å². The number of carbonyl (C=O) groups is 2. The maximum atomic E-state index is 12.5. The quantitative estimate of drug-likeness (QED) is 0.499. The topological polar surface area (TPSA) is 73.5 Å². The zero-order chi connectivity index (χ0) is 20.0. The second kappa shape index (κ2) is 9.21. The van der Waals surface area contributed by atoms with Crippen LogP contribution in [-0.2, 0) is 27.4 Å². The minimum atomic E-state index is -0.505. The number of carbonyl (C=O) groups excluding carboxylic acids is 2. The van der Waals surface area contributed by atoms with Crippen molar-refractivity contribution in [3.8, 4) is 0 Å². The molecule has 2 aromatic rings. The molecule has 0 saturated carbocycles. The molecule has 27 heavy (non-hydrogen) atoms. The molecule has 0 radical (unpaired) electrons. The predicted molar refractivity (Wildman–Crippen MR) is 105 cm³/mol. The Balaban J connectivity index is 1.97. The molecule has 7 heteroatoms. The summed E-state index contributed by atoms with van der Waals surface area (Å²) >= 11 is 0. The molecule has 1 heterocycles. The molecule has 1 aromatic heterocycles. The van der Waals surface area contributed by atoms with Gasteiger partial charge in [0.05, 0.1) is 17.5 Å². The van der Waals surface area contributed by atoms with Crippen LogP contribution in [0.25, 0.3) is 11.0 Å². The maximum Gasteiger partial charge on any atom is 0.329 e. The molecule has 0 bridgehead atoms. The summed E-state index contributed by atoms with van der Waals surface area (Å²) in [6, 6.07) is 7.47. The van der Waals surface area contributed by atoms with Crippen LogP contribution in [0.4, 0.5) is 0 Å². The molecule has 7 nitrogen and oxygen atoms in total. The van der Waals surface area contributed by atoms with Crippen molar-refractivity contribution in [3.63, 3.8) is 0 Å². The standard InChI is InChI=1S/C20H27N3O4/c1-5-21(13-15(3)4)18(24)14-27-19(25)11-12-23-17-10-8-7-9-16(17)22(6-2)20(23)26/h7-10H,3,5-6,11-14H2,1-2,4H3. The molecule has 0 N–H and O–H groups in total. The third-order valence-corrected chi connectivity index (χ3v) is 4.33. The number of fused-ring (bicyclic) bond motifs is 1. The van der Waals surface area contributed by atoms with Crippen LogP contribution in [0.2, 0.25) is 0 Å². The largest absolute Gasteiger partial charge is 0.456 e. The zero-order valence-corrected chi connectivity index (χ0v) is 16.2. The van der Waals surface area contributed by atoms with E-state index in [0.717, 1.165) is 16.6 Å². The second-order valence-corrected chi connectivity index (χ2v) is 6.44. The lowest BCUT2D eigenvalue weighted by Gasteiger charge is -2.20. The minimum Gasteiger partial charge on any atom is -0.456 e. The van der Waals surface area contributed by atoms with E-state index in [2.05, 4.69) is 6.58 Å². The Kier molecular flexibility index (Phi) is 6.98. The van der Waals surface area contributed by atoms with E-state index >= 15 is 0 Å². The number of rotatable bonds is 9. The maximum absolute atomic E-state index is 12.5. The molecule has 146 valence electrons. The Labute approximate surface area is 158 Å². The van der Waals surface area contributed by atoms with Crippen LogP contribution < -0.4 is 5.69 Å². The number of likely N-dealkylation sites (N-methyl/N-ethyl adjacent to an activating group) is 1. The van der Waals surface area contributed by atoms with Crippen LogP contribution in [0, 0.1) is 0 Å². The lowest BCUT2D eigenvalue weighted by Crippen LogP contribution is -2.35. The number of nitrogens with zero attached hydrogens (tertiary/aromatic N) is 3. The summed E-state index contributed by atoms with van der Waals surface area (Å²) in [4.78, 5) is 38.3. The molecule has 0 aliphatic heterocycles. The van der Waals surface area contributed by atoms with Gasteiger partial charge in [0.15, 0.2) is 6.61 Å². The summed E-state index contributed by atoms with van der Waals surface area (Å²) in [5.74, 6) is -0.761. The van der Waals surface area contributed by atoms with Crippen molar-refractivity contribution < 1.29 is 14.3 Å². The van der Waals surface area contributed by atoms with Crippen molar-refractivity contribution in [2.45, 2.75) is 40.3 Å². The average Bonchev–Trinajstić information content (AvgIpc) is 2.92. The van der Waals surface area contributed by atoms with Crippen molar-refractivity contribution in [1.82, 2.24) is 14.0 Å². The Morgan fingerprint density at radius 3 is 2.33 bits per heavy atom. The number of aryl methyl sites for hydroxylation is 2. The van der Waals surface area contributed by atoms with Gasteiger partial charge in [-0.3, -0.25) is 18.7 Å². The van der Waals surface area contributed by atoms with E-state index in [0.29, 0.717) is 19.6 Å². The predicted octanol–water partition coefficient (Wildman–Crippen LogP) is 2.18. The highest BCUT2D eigenvalue weighted by Gasteiger charge is 2.16. The molecule has 1 aromatic carbocycles. The number of imidazole rings is 1. The zero-order valence-electron chi connectivity index (χ0n) is 16.2. The summed E-state index contributed by atoms with van der Waals surface area (Å²) in [6.45, 7) is 10.8. The highest BCUT2D eigenvalue weighted by Crippen LogP contribution is 2.13. The van der Waals surface area contributed by atoms with Gasteiger partial charge in [-0.15, -0.1) is 0 Å². The van der Waals surface area contributed by atoms with E-state index in [9.17, 15) is 14.4 Å². The first-order chi connectivity index (χ1) is 12.9. The van der Waals surface area contributed by atoms with Crippen LogP contribution in [0.15, 0.2) is 41.2 Å². The van der Waals surface area contributed by atoms with Crippen LogP contribution in [0.3, 0.4) is 0 Å². The molecule has 0 fully saturated rings. The van der Waals surface area contributed by atoms with Crippen LogP contribution in [0.1, 0.15) is 27.2 Å². The fourth-order valence-corrected chi connectivity index (χ4v) is 3.01. The fourth-order valence-electron chi connectivity index (χ4n) is 3.01. The number of para-hydroxylation sites is 2. The van der Waals surface area contributed by atoms with Gasteiger partial charge in [0.25, 0.3) is 5.91 Å². The number of benzene rings is 1. The third-order valence-electron chi connectivity index (χ3n) is 4.33. The summed E-state index contributed by atoms with van der Waals surface area (Å²) < 4.78 is 8.33. The number of ether oxygens (including phenoxy) is 1. The molecule has 0 aliphatic carbocycles. The molecular weight excluding hydrogens is 346 g/mol. The Morgan fingerprint density at radius 2 is 1.78 bits per heavy atom. The molecule has 0 spiro atoms. The summed E-state index contributed by atoms with van der Waals surface area (Å²) in [5, 5.41) is 0. The Hall–Kier alpha value is -2.83. The molecule has 0 saturated heterocycles. The monoisotopic (exact) mass is 373 g/mol. The lowest BCUT2D eigenvalue weighted by molar-refractivity contribution is -0.152. The van der Waals surface area contributed by atoms with Gasteiger partial charge >= 0.3 is 11.7 Å². The lowest BCUT2D eigenvalue weighted by atomic mass is 10.3. The van der Waals surface area contributed by atoms with Crippen molar-refractivity contribution in [2.75, 3.05) is 19.7 Å². The summed E-state index contributed by atoms with van der Waals surface area (Å²) in [7, 11) is 0. The first-order valence-corrected chi connectivity index (χ1v) is 9.14. The van der Waals surface area contributed by atoms with Gasteiger partial charge in [-0.1, -0.05) is 24.3 Å². The van der Waals surface area contributed by atoms with E-state index in [1.54, 1.807) is 14.0 Å². The van der Waals surface area contributed by atoms with Crippen molar-refractivity contribution in [3.05, 3.63) is 46.9 Å². The van der Waals surface area contributed by atoms with Gasteiger partial charge in [0.2, 0.25) is 0 Å². The molecule has 2 rings (SSSR count). The number of amides is 1. The summed E-state index contributed by atoms with van der Waals surface area (Å²) in [6.07, 6.45) is 0.0253. The van der Waals surface area contributed by atoms with Gasteiger partial charge in [-0.2, -0.15) is 0 Å². The SMILES string of the molecule is C=C(C)CN(CC)C(=O)COC(=O)CCn1c(=O)n(CC)c2ccccc21. The number of aromatic nitrogens is 2. The molecular formula is C20H27N3O4. The van der Waals surface area contributed by atoms with E-state index in [1.807, 2.05) is 45.0 Å². The van der Waals surface area contributed by atoms with Gasteiger partial charge in [0, 0.05) is 26.2 Å². The normalized spacial score (nSPS) is 10.8. The Bertz CT molecular complexity index is 894. The van der Waals surface area contributed by atoms with Crippen LogP contribution in [-0.4, -0.2) is 45.6 Å². The van der Waals surface area contributed by atoms with Gasteiger partial charge in [0.1, 0.15) is 0 Å². The minimum absolute atomic E-state index is 0.0253. The number of hydrogen-bond acceptors (Lipinski definition) is 4. The van der Waals surface area contributed by atoms with Crippen molar-refractivity contribution in [2.24, 2.45) is 0 Å². The first-order valence-electron chi connectivity index (χ1n) is 9.14. The summed E-state index contributed by atoms with van der Waals surface area (Å²) in [5.41, 5.74) is 2.34. The van der Waals surface area contributed by atoms with Gasteiger partial charge in [-0.25, -0.2) is 4.79 Å². The smallest absolute Gasteiger partial charge is 0.329 e.